The van der Waals surface area contributed by atoms with Crippen LogP contribution in [-0.4, -0.2) is 12.4 Å². The molecule has 0 nitrogen and oxygen atoms in total. The number of alkyl halides is 6. The topological polar surface area (TPSA) is 0 Å². The third-order valence-electron chi connectivity index (χ3n) is 14.3. The second-order valence-electron chi connectivity index (χ2n) is 17.9. The number of benzene rings is 8. The molecule has 0 unspecified atom stereocenters. The molecule has 0 saturated carbocycles. The van der Waals surface area contributed by atoms with Crippen molar-refractivity contribution in [2.24, 2.45) is 0 Å². The van der Waals surface area contributed by atoms with Crippen LogP contribution in [0.1, 0.15) is 69.5 Å². The molecule has 0 spiro atoms. The summed E-state index contributed by atoms with van der Waals surface area (Å²) in [5.41, 5.74) is 9.34. The van der Waals surface area contributed by atoms with Crippen molar-refractivity contribution in [3.05, 3.63) is 225 Å². The van der Waals surface area contributed by atoms with Crippen LogP contribution in [0, 0.1) is 13.8 Å². The molecule has 11 rings (SSSR count). The summed E-state index contributed by atoms with van der Waals surface area (Å²) < 4.78 is 90.6. The van der Waals surface area contributed by atoms with E-state index in [1.807, 2.05) is 19.1 Å². The van der Waals surface area contributed by atoms with E-state index in [0.717, 1.165) is 56.6 Å². The fraction of sp³-hybridized carbons (Fsp3) is 0.158. The van der Waals surface area contributed by atoms with E-state index in [4.69, 9.17) is 0 Å². The molecule has 0 radical (unpaired) electrons. The number of hydrogen-bond acceptors (Lipinski definition) is 0. The van der Waals surface area contributed by atoms with E-state index in [1.165, 1.54) is 57.6 Å². The van der Waals surface area contributed by atoms with Crippen molar-refractivity contribution >= 4 is 0 Å². The van der Waals surface area contributed by atoms with Crippen LogP contribution in [0.3, 0.4) is 0 Å². The van der Waals surface area contributed by atoms with Gasteiger partial charge in [0.15, 0.2) is 0 Å². The van der Waals surface area contributed by atoms with Crippen molar-refractivity contribution in [1.29, 1.82) is 0 Å². The quantitative estimate of drug-likeness (QED) is 0.155. The first-order valence-corrected chi connectivity index (χ1v) is 21.1. The monoisotopic (exact) mass is 838 g/mol. The third kappa shape index (κ3) is 5.12. The highest BCUT2D eigenvalue weighted by molar-refractivity contribution is 5.92. The largest absolute Gasteiger partial charge is 0.411 e. The lowest BCUT2D eigenvalue weighted by Crippen LogP contribution is -2.53. The lowest BCUT2D eigenvalue weighted by molar-refractivity contribution is -0.287. The van der Waals surface area contributed by atoms with E-state index in [-0.39, 0.29) is 11.1 Å². The van der Waals surface area contributed by atoms with Crippen molar-refractivity contribution in [3.8, 4) is 55.6 Å². The van der Waals surface area contributed by atoms with E-state index in [2.05, 4.69) is 136 Å². The van der Waals surface area contributed by atoms with E-state index in [0.29, 0.717) is 11.1 Å². The second kappa shape index (κ2) is 13.2. The first kappa shape index (κ1) is 39.2. The van der Waals surface area contributed by atoms with Gasteiger partial charge in [-0.2, -0.15) is 26.3 Å². The SMILES string of the molecule is Cc1cc2c(cc1-c1ccc3c(c1)C(c1ccccc1)(c1ccccc1)c1ccccc1-3)C(C)(C)c1cc(-c3ccc4c(c3)C(C(F)(F)F)(C(F)(F)F)c3ccccc3-4)c(C)cc1-2. The summed E-state index contributed by atoms with van der Waals surface area (Å²) in [4.78, 5) is 0. The molecule has 8 aromatic carbocycles. The highest BCUT2D eigenvalue weighted by Gasteiger charge is 2.75. The molecular formula is C57H40F6. The Morgan fingerprint density at radius 1 is 0.333 bits per heavy atom. The van der Waals surface area contributed by atoms with Gasteiger partial charge >= 0.3 is 12.4 Å². The average molecular weight is 839 g/mol. The molecule has 63 heavy (non-hydrogen) atoms. The van der Waals surface area contributed by atoms with Gasteiger partial charge in [-0.1, -0.05) is 159 Å². The smallest absolute Gasteiger partial charge is 0.169 e. The van der Waals surface area contributed by atoms with Crippen LogP contribution in [0.4, 0.5) is 26.3 Å². The Morgan fingerprint density at radius 3 is 1.22 bits per heavy atom. The first-order chi connectivity index (χ1) is 30.1. The van der Waals surface area contributed by atoms with Gasteiger partial charge in [0.05, 0.1) is 5.41 Å². The molecule has 0 aromatic heterocycles. The van der Waals surface area contributed by atoms with Gasteiger partial charge in [0.25, 0.3) is 0 Å². The molecular weight excluding hydrogens is 799 g/mol. The molecule has 6 heteroatoms. The number of fused-ring (bicyclic) bond motifs is 9. The first-order valence-electron chi connectivity index (χ1n) is 21.1. The number of rotatable bonds is 4. The van der Waals surface area contributed by atoms with Crippen LogP contribution >= 0.6 is 0 Å². The molecule has 0 amide bonds. The summed E-state index contributed by atoms with van der Waals surface area (Å²) in [5.74, 6) is 0. The van der Waals surface area contributed by atoms with Crippen molar-refractivity contribution in [2.45, 2.75) is 56.3 Å². The minimum atomic E-state index is -5.63. The normalized spacial score (nSPS) is 15.8. The zero-order chi connectivity index (χ0) is 43.8. The molecule has 0 fully saturated rings. The summed E-state index contributed by atoms with van der Waals surface area (Å²) in [7, 11) is 0. The number of aryl methyl sites for hydroxylation is 2. The van der Waals surface area contributed by atoms with Crippen molar-refractivity contribution in [3.63, 3.8) is 0 Å². The van der Waals surface area contributed by atoms with Gasteiger partial charge in [-0.25, -0.2) is 0 Å². The Balaban J connectivity index is 1.05. The van der Waals surface area contributed by atoms with Gasteiger partial charge in [-0.05, 0) is 149 Å². The molecule has 0 heterocycles. The minimum Gasteiger partial charge on any atom is -0.169 e. The molecule has 0 N–H and O–H groups in total. The second-order valence-corrected chi connectivity index (χ2v) is 17.9. The maximum atomic E-state index is 15.1. The molecule has 0 bridgehead atoms. The fourth-order valence-corrected chi connectivity index (χ4v) is 11.5. The molecule has 8 aromatic rings. The van der Waals surface area contributed by atoms with Crippen molar-refractivity contribution in [2.75, 3.05) is 0 Å². The zero-order valence-corrected chi connectivity index (χ0v) is 34.9. The fourth-order valence-electron chi connectivity index (χ4n) is 11.5. The summed E-state index contributed by atoms with van der Waals surface area (Å²) >= 11 is 0. The summed E-state index contributed by atoms with van der Waals surface area (Å²) in [6.45, 7) is 8.28. The van der Waals surface area contributed by atoms with Crippen molar-refractivity contribution in [1.82, 2.24) is 0 Å². The zero-order valence-electron chi connectivity index (χ0n) is 34.9. The van der Waals surface area contributed by atoms with Gasteiger partial charge in [-0.3, -0.25) is 0 Å². The van der Waals surface area contributed by atoms with Crippen LogP contribution in [0.25, 0.3) is 55.6 Å². The number of hydrogen-bond donors (Lipinski definition) is 0. The summed E-state index contributed by atoms with van der Waals surface area (Å²) in [6.07, 6.45) is -11.3. The predicted molar refractivity (Wildman–Crippen MR) is 240 cm³/mol. The summed E-state index contributed by atoms with van der Waals surface area (Å²) in [5, 5.41) is 0. The van der Waals surface area contributed by atoms with Crippen LogP contribution in [0.5, 0.6) is 0 Å². The molecule has 3 aliphatic rings. The van der Waals surface area contributed by atoms with Crippen LogP contribution < -0.4 is 0 Å². The Morgan fingerprint density at radius 2 is 0.730 bits per heavy atom. The minimum absolute atomic E-state index is 0.0548. The van der Waals surface area contributed by atoms with Gasteiger partial charge in [0.2, 0.25) is 5.41 Å². The van der Waals surface area contributed by atoms with E-state index >= 15 is 26.3 Å². The van der Waals surface area contributed by atoms with Gasteiger partial charge in [0.1, 0.15) is 0 Å². The highest BCUT2D eigenvalue weighted by atomic mass is 19.4. The molecule has 0 aliphatic heterocycles. The Bertz CT molecular complexity index is 3130. The van der Waals surface area contributed by atoms with Gasteiger partial charge < -0.3 is 0 Å². The maximum absolute atomic E-state index is 15.1. The lowest BCUT2D eigenvalue weighted by atomic mass is 9.67. The maximum Gasteiger partial charge on any atom is 0.411 e. The standard InChI is InChI=1S/C57H40F6/c1-33-27-45-46-28-34(2)44(36-24-26-42-40-20-12-14-22-48(40)55(52(42)30-36,56(58,59)60)57(61,62)63)32-50(46)53(3,4)49(45)31-43(33)35-23-25-41-39-19-11-13-21-47(39)54(51(41)29-35,37-15-7-5-8-16-37)38-17-9-6-10-18-38/h5-32H,1-4H3. The average Bonchev–Trinajstić information content (AvgIpc) is 3.82. The van der Waals surface area contributed by atoms with E-state index in [9.17, 15) is 0 Å². The molecule has 310 valence electrons. The van der Waals surface area contributed by atoms with Gasteiger partial charge in [-0.15, -0.1) is 0 Å². The molecule has 3 aliphatic carbocycles. The van der Waals surface area contributed by atoms with Gasteiger partial charge in [0, 0.05) is 5.41 Å². The Kier molecular flexibility index (Phi) is 8.20. The molecule has 0 atom stereocenters. The van der Waals surface area contributed by atoms with Crippen LogP contribution in [-0.2, 0) is 16.2 Å². The predicted octanol–water partition coefficient (Wildman–Crippen LogP) is 15.7. The Hall–Kier alpha value is -6.66. The van der Waals surface area contributed by atoms with E-state index in [1.54, 1.807) is 6.07 Å². The third-order valence-corrected chi connectivity index (χ3v) is 14.3. The van der Waals surface area contributed by atoms with Crippen LogP contribution in [0.2, 0.25) is 0 Å². The van der Waals surface area contributed by atoms with Crippen LogP contribution in [0.15, 0.2) is 170 Å². The molecule has 0 saturated heterocycles. The summed E-state index contributed by atoms with van der Waals surface area (Å²) in [6, 6.07) is 54.6. The van der Waals surface area contributed by atoms with E-state index < -0.39 is 39.7 Å². The Labute approximate surface area is 362 Å². The number of halogens is 6. The lowest BCUT2D eigenvalue weighted by Gasteiger charge is -2.36. The van der Waals surface area contributed by atoms with Crippen molar-refractivity contribution < 1.29 is 26.3 Å². The highest BCUT2D eigenvalue weighted by Crippen LogP contribution is 2.64.